The van der Waals surface area contributed by atoms with E-state index in [1.54, 1.807) is 42.2 Å². The van der Waals surface area contributed by atoms with E-state index in [1.807, 2.05) is 30.3 Å². The van der Waals surface area contributed by atoms with Crippen molar-refractivity contribution in [3.05, 3.63) is 89.0 Å². The van der Waals surface area contributed by atoms with Crippen molar-refractivity contribution in [1.82, 2.24) is 0 Å². The van der Waals surface area contributed by atoms with E-state index in [4.69, 9.17) is 15.2 Å². The third-order valence-corrected chi connectivity index (χ3v) is 6.25. The second-order valence-corrected chi connectivity index (χ2v) is 8.11. The van der Waals surface area contributed by atoms with Gasteiger partial charge in [0.15, 0.2) is 0 Å². The zero-order chi connectivity index (χ0) is 23.3. The first-order chi connectivity index (χ1) is 15.9. The molecular formula is C25H21N3O5. The van der Waals surface area contributed by atoms with Crippen molar-refractivity contribution >= 4 is 29.2 Å². The fraction of sp³-hybridized carbons (Fsp3) is 0.200. The number of methoxy groups -OCH3 is 1. The molecule has 3 heterocycles. The van der Waals surface area contributed by atoms with Gasteiger partial charge in [0.1, 0.15) is 22.7 Å². The van der Waals surface area contributed by atoms with Gasteiger partial charge in [0.2, 0.25) is 11.8 Å². The number of allylic oxidation sites excluding steroid dienone is 1. The topological polar surface area (TPSA) is 111 Å². The van der Waals surface area contributed by atoms with Crippen LogP contribution in [0.15, 0.2) is 82.9 Å². The van der Waals surface area contributed by atoms with Gasteiger partial charge in [-0.25, -0.2) is 9.79 Å². The van der Waals surface area contributed by atoms with Crippen molar-refractivity contribution in [2.45, 2.75) is 18.9 Å². The first-order valence-corrected chi connectivity index (χ1v) is 10.4. The highest BCUT2D eigenvalue weighted by Gasteiger charge is 2.66. The Labute approximate surface area is 190 Å². The van der Waals surface area contributed by atoms with Crippen LogP contribution in [0.3, 0.4) is 0 Å². The Kier molecular flexibility index (Phi) is 4.67. The minimum atomic E-state index is -1.76. The van der Waals surface area contributed by atoms with Gasteiger partial charge in [-0.1, -0.05) is 48.5 Å². The summed E-state index contributed by atoms with van der Waals surface area (Å²) in [6.45, 7) is 1.90. The number of dihydropyridines is 1. The van der Waals surface area contributed by atoms with E-state index in [0.29, 0.717) is 17.0 Å². The molecule has 0 bridgehead atoms. The maximum absolute atomic E-state index is 14.3. The molecule has 0 aliphatic carbocycles. The van der Waals surface area contributed by atoms with Gasteiger partial charge < -0.3 is 20.1 Å². The lowest BCUT2D eigenvalue weighted by Crippen LogP contribution is -2.55. The Bertz CT molecular complexity index is 1290. The summed E-state index contributed by atoms with van der Waals surface area (Å²) in [5.74, 6) is -3.15. The maximum Gasteiger partial charge on any atom is 0.340 e. The van der Waals surface area contributed by atoms with E-state index in [-0.39, 0.29) is 23.8 Å². The van der Waals surface area contributed by atoms with Crippen LogP contribution in [-0.2, 0) is 35.8 Å². The first kappa shape index (κ1) is 20.7. The van der Waals surface area contributed by atoms with Crippen molar-refractivity contribution in [2.24, 2.45) is 16.6 Å². The molecule has 2 atom stereocenters. The lowest BCUT2D eigenvalue weighted by Gasteiger charge is -2.41. The van der Waals surface area contributed by atoms with Crippen LogP contribution in [0.5, 0.6) is 0 Å². The van der Waals surface area contributed by atoms with Crippen LogP contribution >= 0.6 is 0 Å². The van der Waals surface area contributed by atoms with Gasteiger partial charge in [0.25, 0.3) is 5.91 Å². The Morgan fingerprint density at radius 3 is 2.58 bits per heavy atom. The normalized spacial score (nSPS) is 23.6. The molecule has 166 valence electrons. The highest BCUT2D eigenvalue weighted by atomic mass is 16.5. The Hall–Kier alpha value is -4.20. The fourth-order valence-electron chi connectivity index (χ4n) is 4.97. The Morgan fingerprint density at radius 1 is 1.15 bits per heavy atom. The number of nitrogens with zero attached hydrogens (tertiary/aromatic N) is 2. The summed E-state index contributed by atoms with van der Waals surface area (Å²) in [5.41, 5.74) is 6.65. The van der Waals surface area contributed by atoms with Crippen LogP contribution in [0, 0.1) is 5.92 Å². The van der Waals surface area contributed by atoms with Gasteiger partial charge in [-0.3, -0.25) is 9.59 Å². The summed E-state index contributed by atoms with van der Waals surface area (Å²) < 4.78 is 10.7. The predicted octanol–water partition coefficient (Wildman–Crippen LogP) is 2.35. The molecule has 2 N–H and O–H groups in total. The second kappa shape index (κ2) is 7.44. The number of carbonyl (C=O) groups is 3. The van der Waals surface area contributed by atoms with E-state index < -0.39 is 29.1 Å². The first-order valence-electron chi connectivity index (χ1n) is 10.4. The number of ether oxygens (including phenoxy) is 2. The molecule has 0 saturated carbocycles. The smallest absolute Gasteiger partial charge is 0.340 e. The lowest BCUT2D eigenvalue weighted by atomic mass is 9.63. The summed E-state index contributed by atoms with van der Waals surface area (Å²) in [5, 5.41) is 0. The highest BCUT2D eigenvalue weighted by Crippen LogP contribution is 2.57. The number of nitrogens with two attached hydrogens (primary N) is 1. The molecule has 33 heavy (non-hydrogen) atoms. The van der Waals surface area contributed by atoms with E-state index in [1.165, 1.54) is 7.11 Å². The van der Waals surface area contributed by atoms with Crippen LogP contribution < -0.4 is 10.6 Å². The number of para-hydroxylation sites is 1. The molecule has 0 aromatic heterocycles. The molecule has 8 heteroatoms. The zero-order valence-corrected chi connectivity index (χ0v) is 18.1. The highest BCUT2D eigenvalue weighted by molar-refractivity contribution is 6.20. The van der Waals surface area contributed by atoms with E-state index in [0.717, 1.165) is 5.56 Å². The molecule has 3 aliphatic rings. The molecule has 8 nitrogen and oxygen atoms in total. The minimum absolute atomic E-state index is 0.183. The molecule has 2 amide bonds. The standard InChI is InChI=1S/C25H21N3O5/c1-14-12-18-19(22(29)27-14)25(20(21(26)33-18)23(30)32-2)16-10-6-7-11-17(16)28(24(25)31)13-15-8-4-3-5-9-15/h3-12,19H,13,26H2,1-2H3. The summed E-state index contributed by atoms with van der Waals surface area (Å²) in [7, 11) is 1.19. The maximum atomic E-state index is 14.3. The van der Waals surface area contributed by atoms with Crippen molar-refractivity contribution in [3.8, 4) is 0 Å². The van der Waals surface area contributed by atoms with Gasteiger partial charge in [-0.05, 0) is 30.2 Å². The molecule has 1 spiro atoms. The fourth-order valence-corrected chi connectivity index (χ4v) is 4.97. The van der Waals surface area contributed by atoms with Crippen LogP contribution in [0.4, 0.5) is 5.69 Å². The Morgan fingerprint density at radius 2 is 1.85 bits per heavy atom. The van der Waals surface area contributed by atoms with Gasteiger partial charge in [0, 0.05) is 11.4 Å². The molecule has 0 saturated heterocycles. The van der Waals surface area contributed by atoms with Gasteiger partial charge in [0.05, 0.1) is 13.7 Å². The summed E-state index contributed by atoms with van der Waals surface area (Å²) in [4.78, 5) is 46.3. The summed E-state index contributed by atoms with van der Waals surface area (Å²) in [6, 6.07) is 16.5. The van der Waals surface area contributed by atoms with Crippen LogP contribution in [-0.4, -0.2) is 30.6 Å². The SMILES string of the molecule is COC(=O)C1=C(N)OC2=CC(C)=NC(=O)C2C12C(=O)N(Cc1ccccc1)c1ccccc12. The number of esters is 1. The zero-order valence-electron chi connectivity index (χ0n) is 18.1. The third-order valence-electron chi connectivity index (χ3n) is 6.25. The van der Waals surface area contributed by atoms with E-state index in [9.17, 15) is 14.4 Å². The van der Waals surface area contributed by atoms with Crippen molar-refractivity contribution in [3.63, 3.8) is 0 Å². The van der Waals surface area contributed by atoms with Crippen molar-refractivity contribution in [2.75, 3.05) is 12.0 Å². The lowest BCUT2D eigenvalue weighted by molar-refractivity contribution is -0.142. The molecule has 3 aliphatic heterocycles. The molecule has 2 aromatic carbocycles. The number of anilines is 1. The average Bonchev–Trinajstić information content (AvgIpc) is 3.02. The van der Waals surface area contributed by atoms with Gasteiger partial charge >= 0.3 is 5.97 Å². The molecule has 5 rings (SSSR count). The van der Waals surface area contributed by atoms with E-state index >= 15 is 0 Å². The molecule has 2 unspecified atom stereocenters. The monoisotopic (exact) mass is 443 g/mol. The van der Waals surface area contributed by atoms with Crippen molar-refractivity contribution in [1.29, 1.82) is 0 Å². The molecule has 0 fully saturated rings. The number of aliphatic imine (C=N–C) groups is 1. The van der Waals surface area contributed by atoms with Crippen LogP contribution in [0.1, 0.15) is 18.1 Å². The third kappa shape index (κ3) is 2.83. The minimum Gasteiger partial charge on any atom is -0.465 e. The molecule has 0 radical (unpaired) electrons. The quantitative estimate of drug-likeness (QED) is 0.729. The summed E-state index contributed by atoms with van der Waals surface area (Å²) >= 11 is 0. The predicted molar refractivity (Wildman–Crippen MR) is 120 cm³/mol. The number of fused-ring (bicyclic) bond motifs is 4. The van der Waals surface area contributed by atoms with Gasteiger partial charge in [-0.15, -0.1) is 0 Å². The van der Waals surface area contributed by atoms with Crippen LogP contribution in [0.2, 0.25) is 0 Å². The largest absolute Gasteiger partial charge is 0.465 e. The number of hydrogen-bond acceptors (Lipinski definition) is 6. The molecule has 2 aromatic rings. The number of carbonyl (C=O) groups excluding carboxylic acids is 3. The number of rotatable bonds is 3. The molecular weight excluding hydrogens is 422 g/mol. The Balaban J connectivity index is 1.80. The number of amides is 2. The number of hydrogen-bond donors (Lipinski definition) is 1. The summed E-state index contributed by atoms with van der Waals surface area (Å²) in [6.07, 6.45) is 1.57. The van der Waals surface area contributed by atoms with Crippen LogP contribution in [0.25, 0.3) is 0 Å². The van der Waals surface area contributed by atoms with E-state index in [2.05, 4.69) is 4.99 Å². The van der Waals surface area contributed by atoms with Gasteiger partial charge in [-0.2, -0.15) is 0 Å². The number of benzene rings is 2. The van der Waals surface area contributed by atoms with Crippen molar-refractivity contribution < 1.29 is 23.9 Å². The second-order valence-electron chi connectivity index (χ2n) is 8.11. The average molecular weight is 443 g/mol.